The first-order chi connectivity index (χ1) is 10.2. The van der Waals surface area contributed by atoms with Gasteiger partial charge in [0.2, 0.25) is 5.88 Å². The van der Waals surface area contributed by atoms with E-state index in [1.54, 1.807) is 7.11 Å². The Hall–Kier alpha value is -2.07. The average Bonchev–Trinajstić information content (AvgIpc) is 2.52. The minimum atomic E-state index is 0.672. The largest absolute Gasteiger partial charge is 0.497 e. The summed E-state index contributed by atoms with van der Waals surface area (Å²) in [6.45, 7) is 1.71. The van der Waals surface area contributed by atoms with E-state index in [2.05, 4.69) is 24.0 Å². The van der Waals surface area contributed by atoms with Gasteiger partial charge in [0, 0.05) is 24.4 Å². The van der Waals surface area contributed by atoms with Crippen LogP contribution in [0.1, 0.15) is 6.42 Å². The van der Waals surface area contributed by atoms with Crippen LogP contribution in [0.15, 0.2) is 42.6 Å². The number of nitrogens with zero attached hydrogens (tertiary/aromatic N) is 2. The third-order valence-electron chi connectivity index (χ3n) is 3.16. The number of rotatable bonds is 7. The summed E-state index contributed by atoms with van der Waals surface area (Å²) in [5, 5.41) is 0. The number of aromatic nitrogens is 1. The Morgan fingerprint density at radius 1 is 1.00 bits per heavy atom. The van der Waals surface area contributed by atoms with Crippen LogP contribution < -0.4 is 9.47 Å². The minimum absolute atomic E-state index is 0.672. The highest BCUT2D eigenvalue weighted by Gasteiger charge is 2.01. The second-order valence-electron chi connectivity index (χ2n) is 5.12. The van der Waals surface area contributed by atoms with Crippen molar-refractivity contribution in [2.45, 2.75) is 6.42 Å². The SMILES string of the molecule is COc1ccc(-c2ccc(OCCCN(C)C)nc2)cc1. The molecule has 0 unspecified atom stereocenters. The summed E-state index contributed by atoms with van der Waals surface area (Å²) in [5.41, 5.74) is 2.18. The van der Waals surface area contributed by atoms with Gasteiger partial charge in [-0.05, 0) is 44.3 Å². The van der Waals surface area contributed by atoms with E-state index in [1.165, 1.54) is 0 Å². The second kappa shape index (κ2) is 7.64. The van der Waals surface area contributed by atoms with Gasteiger partial charge < -0.3 is 14.4 Å². The topological polar surface area (TPSA) is 34.6 Å². The van der Waals surface area contributed by atoms with E-state index in [1.807, 2.05) is 42.6 Å². The number of methoxy groups -OCH3 is 1. The standard InChI is InChI=1S/C17H22N2O2/c1-19(2)11-4-12-21-17-10-7-15(13-18-17)14-5-8-16(20-3)9-6-14/h5-10,13H,4,11-12H2,1-3H3. The maximum atomic E-state index is 5.63. The summed E-state index contributed by atoms with van der Waals surface area (Å²) in [7, 11) is 5.78. The number of pyridine rings is 1. The van der Waals surface area contributed by atoms with E-state index in [4.69, 9.17) is 9.47 Å². The Bertz CT molecular complexity index is 536. The van der Waals surface area contributed by atoms with Crippen LogP contribution in [-0.4, -0.2) is 44.2 Å². The number of benzene rings is 1. The molecular weight excluding hydrogens is 264 g/mol. The molecule has 0 atom stereocenters. The zero-order valence-electron chi connectivity index (χ0n) is 12.9. The highest BCUT2D eigenvalue weighted by Crippen LogP contribution is 2.22. The molecule has 1 heterocycles. The molecule has 4 nitrogen and oxygen atoms in total. The van der Waals surface area contributed by atoms with Crippen molar-refractivity contribution in [2.24, 2.45) is 0 Å². The van der Waals surface area contributed by atoms with Crippen LogP contribution in [-0.2, 0) is 0 Å². The van der Waals surface area contributed by atoms with Crippen LogP contribution in [0.2, 0.25) is 0 Å². The van der Waals surface area contributed by atoms with Gasteiger partial charge in [-0.3, -0.25) is 0 Å². The van der Waals surface area contributed by atoms with E-state index in [-0.39, 0.29) is 0 Å². The van der Waals surface area contributed by atoms with Gasteiger partial charge in [-0.1, -0.05) is 12.1 Å². The summed E-state index contributed by atoms with van der Waals surface area (Å²) in [5.74, 6) is 1.53. The lowest BCUT2D eigenvalue weighted by Gasteiger charge is -2.10. The van der Waals surface area contributed by atoms with Crippen molar-refractivity contribution >= 4 is 0 Å². The molecule has 21 heavy (non-hydrogen) atoms. The van der Waals surface area contributed by atoms with Crippen molar-refractivity contribution < 1.29 is 9.47 Å². The van der Waals surface area contributed by atoms with E-state index in [0.29, 0.717) is 12.5 Å². The molecule has 0 aliphatic rings. The van der Waals surface area contributed by atoms with Gasteiger partial charge in [0.05, 0.1) is 13.7 Å². The van der Waals surface area contributed by atoms with Crippen molar-refractivity contribution in [1.82, 2.24) is 9.88 Å². The second-order valence-corrected chi connectivity index (χ2v) is 5.12. The third-order valence-corrected chi connectivity index (χ3v) is 3.16. The summed E-state index contributed by atoms with van der Waals surface area (Å²) in [4.78, 5) is 6.49. The molecular formula is C17H22N2O2. The van der Waals surface area contributed by atoms with Gasteiger partial charge in [0.15, 0.2) is 0 Å². The monoisotopic (exact) mass is 286 g/mol. The summed E-state index contributed by atoms with van der Waals surface area (Å²) in [6.07, 6.45) is 2.83. The number of hydrogen-bond acceptors (Lipinski definition) is 4. The average molecular weight is 286 g/mol. The molecule has 1 aromatic carbocycles. The Labute approximate surface area is 126 Å². The maximum Gasteiger partial charge on any atom is 0.213 e. The summed E-state index contributed by atoms with van der Waals surface area (Å²) < 4.78 is 10.8. The molecule has 4 heteroatoms. The first-order valence-electron chi connectivity index (χ1n) is 7.07. The van der Waals surface area contributed by atoms with Gasteiger partial charge >= 0.3 is 0 Å². The number of hydrogen-bond donors (Lipinski definition) is 0. The van der Waals surface area contributed by atoms with E-state index in [0.717, 1.165) is 29.8 Å². The van der Waals surface area contributed by atoms with Crippen LogP contribution in [0.25, 0.3) is 11.1 Å². The van der Waals surface area contributed by atoms with Gasteiger partial charge in [-0.2, -0.15) is 0 Å². The van der Waals surface area contributed by atoms with Crippen molar-refractivity contribution in [3.05, 3.63) is 42.6 Å². The maximum absolute atomic E-state index is 5.63. The first kappa shape index (κ1) is 15.3. The van der Waals surface area contributed by atoms with Gasteiger partial charge in [-0.25, -0.2) is 4.98 Å². The third kappa shape index (κ3) is 4.76. The Balaban J connectivity index is 1.91. The zero-order chi connectivity index (χ0) is 15.1. The Morgan fingerprint density at radius 3 is 2.29 bits per heavy atom. The molecule has 0 aliphatic carbocycles. The van der Waals surface area contributed by atoms with Crippen LogP contribution in [0.3, 0.4) is 0 Å². The van der Waals surface area contributed by atoms with Gasteiger partial charge in [0.25, 0.3) is 0 Å². The Morgan fingerprint density at radius 2 is 1.71 bits per heavy atom. The molecule has 112 valence electrons. The molecule has 1 aromatic heterocycles. The Kier molecular flexibility index (Phi) is 5.58. The molecule has 0 saturated carbocycles. The first-order valence-corrected chi connectivity index (χ1v) is 7.07. The zero-order valence-corrected chi connectivity index (χ0v) is 12.9. The molecule has 0 spiro atoms. The van der Waals surface area contributed by atoms with E-state index in [9.17, 15) is 0 Å². The molecule has 2 rings (SSSR count). The summed E-state index contributed by atoms with van der Waals surface area (Å²) >= 11 is 0. The van der Waals surface area contributed by atoms with Crippen LogP contribution >= 0.6 is 0 Å². The predicted octanol–water partition coefficient (Wildman–Crippen LogP) is 3.09. The number of ether oxygens (including phenoxy) is 2. The lowest BCUT2D eigenvalue weighted by atomic mass is 10.1. The normalized spacial score (nSPS) is 10.7. The van der Waals surface area contributed by atoms with Gasteiger partial charge in [-0.15, -0.1) is 0 Å². The molecule has 0 amide bonds. The molecule has 0 saturated heterocycles. The van der Waals surface area contributed by atoms with E-state index >= 15 is 0 Å². The van der Waals surface area contributed by atoms with Crippen LogP contribution in [0.4, 0.5) is 0 Å². The lowest BCUT2D eigenvalue weighted by molar-refractivity contribution is 0.273. The fourth-order valence-corrected chi connectivity index (χ4v) is 1.98. The molecule has 2 aromatic rings. The minimum Gasteiger partial charge on any atom is -0.497 e. The van der Waals surface area contributed by atoms with Crippen LogP contribution in [0, 0.1) is 0 Å². The predicted molar refractivity (Wildman–Crippen MR) is 84.9 cm³/mol. The van der Waals surface area contributed by atoms with Crippen molar-refractivity contribution in [3.8, 4) is 22.8 Å². The fourth-order valence-electron chi connectivity index (χ4n) is 1.98. The molecule has 0 bridgehead atoms. The van der Waals surface area contributed by atoms with Crippen molar-refractivity contribution in [2.75, 3.05) is 34.4 Å². The lowest BCUT2D eigenvalue weighted by Crippen LogP contribution is -2.15. The van der Waals surface area contributed by atoms with Gasteiger partial charge in [0.1, 0.15) is 5.75 Å². The molecule has 0 radical (unpaired) electrons. The van der Waals surface area contributed by atoms with Crippen LogP contribution in [0.5, 0.6) is 11.6 Å². The quantitative estimate of drug-likeness (QED) is 0.733. The van der Waals surface area contributed by atoms with Crippen molar-refractivity contribution in [1.29, 1.82) is 0 Å². The molecule has 0 aliphatic heterocycles. The smallest absolute Gasteiger partial charge is 0.213 e. The summed E-state index contributed by atoms with van der Waals surface area (Å²) in [6, 6.07) is 11.9. The molecule has 0 N–H and O–H groups in total. The van der Waals surface area contributed by atoms with Crippen molar-refractivity contribution in [3.63, 3.8) is 0 Å². The fraction of sp³-hybridized carbons (Fsp3) is 0.353. The highest BCUT2D eigenvalue weighted by atomic mass is 16.5. The van der Waals surface area contributed by atoms with E-state index < -0.39 is 0 Å². The molecule has 0 fully saturated rings. The highest BCUT2D eigenvalue weighted by molar-refractivity contribution is 5.63.